The Bertz CT molecular complexity index is 1090. The van der Waals surface area contributed by atoms with Crippen molar-refractivity contribution in [3.05, 3.63) is 68.8 Å². The van der Waals surface area contributed by atoms with E-state index in [1.54, 1.807) is 24.3 Å². The van der Waals surface area contributed by atoms with E-state index in [0.29, 0.717) is 24.7 Å². The molecule has 0 fully saturated rings. The highest BCUT2D eigenvalue weighted by molar-refractivity contribution is 6.89. The van der Waals surface area contributed by atoms with Crippen LogP contribution in [0.4, 0.5) is 11.4 Å². The Morgan fingerprint density at radius 3 is 1.16 bits per heavy atom. The monoisotopic (exact) mass is 668 g/mol. The standard InChI is InChI=1S/C28H48N2O9Si4/c1-40(2,23-11-9-21-35-27-17-13-25(14-18-27)29(31)32)37-42(5,6)39-43(7,8)38-41(3,4)24-12-10-22-36-28-19-15-26(16-20-28)30(33)34/h13-20H,9-12,21-24H2,1-8H3. The molecule has 0 heterocycles. The van der Waals surface area contributed by atoms with E-state index in [2.05, 4.69) is 52.4 Å². The molecule has 0 bridgehead atoms. The van der Waals surface area contributed by atoms with E-state index >= 15 is 0 Å². The Kier molecular flexibility index (Phi) is 13.7. The average Bonchev–Trinajstić information content (AvgIpc) is 2.86. The van der Waals surface area contributed by atoms with Crippen molar-refractivity contribution < 1.29 is 31.7 Å². The molecule has 2 aromatic rings. The van der Waals surface area contributed by atoms with Crippen molar-refractivity contribution in [2.45, 2.75) is 90.1 Å². The first-order chi connectivity index (χ1) is 19.9. The van der Waals surface area contributed by atoms with Gasteiger partial charge in [0, 0.05) is 24.3 Å². The molecule has 2 rings (SSSR count). The Hall–Kier alpha value is -2.41. The Morgan fingerprint density at radius 2 is 0.860 bits per heavy atom. The molecule has 11 nitrogen and oxygen atoms in total. The Morgan fingerprint density at radius 1 is 0.535 bits per heavy atom. The first-order valence-electron chi connectivity index (χ1n) is 14.7. The molecule has 0 unspecified atom stereocenters. The van der Waals surface area contributed by atoms with Gasteiger partial charge < -0.3 is 21.8 Å². The van der Waals surface area contributed by atoms with Gasteiger partial charge in [-0.25, -0.2) is 0 Å². The molecule has 15 heteroatoms. The molecule has 0 saturated heterocycles. The first kappa shape index (κ1) is 36.8. The quantitative estimate of drug-likeness (QED) is 0.0590. The predicted molar refractivity (Wildman–Crippen MR) is 178 cm³/mol. The number of non-ortho nitro benzene ring substituents is 2. The van der Waals surface area contributed by atoms with Crippen LogP contribution in [0.2, 0.25) is 64.5 Å². The summed E-state index contributed by atoms with van der Waals surface area (Å²) in [4.78, 5) is 20.7. The van der Waals surface area contributed by atoms with Gasteiger partial charge >= 0.3 is 17.1 Å². The van der Waals surface area contributed by atoms with Gasteiger partial charge in [0.15, 0.2) is 16.6 Å². The average molecular weight is 669 g/mol. The third-order valence-electron chi connectivity index (χ3n) is 6.51. The third kappa shape index (κ3) is 14.7. The number of hydrogen-bond acceptors (Lipinski definition) is 9. The van der Waals surface area contributed by atoms with Crippen molar-refractivity contribution in [3.63, 3.8) is 0 Å². The van der Waals surface area contributed by atoms with Gasteiger partial charge in [0.2, 0.25) is 0 Å². The highest BCUT2D eigenvalue weighted by Crippen LogP contribution is 2.28. The number of nitrogens with zero attached hydrogens (tertiary/aromatic N) is 2. The molecular formula is C28H48N2O9Si4. The van der Waals surface area contributed by atoms with Crippen LogP contribution >= 0.6 is 0 Å². The van der Waals surface area contributed by atoms with Gasteiger partial charge in [-0.2, -0.15) is 0 Å². The summed E-state index contributed by atoms with van der Waals surface area (Å²) in [6.45, 7) is 18.5. The van der Waals surface area contributed by atoms with Crippen molar-refractivity contribution in [1.82, 2.24) is 0 Å². The maximum atomic E-state index is 10.8. The van der Waals surface area contributed by atoms with E-state index < -0.39 is 43.6 Å². The number of ether oxygens (including phenoxy) is 2. The predicted octanol–water partition coefficient (Wildman–Crippen LogP) is 8.38. The lowest BCUT2D eigenvalue weighted by molar-refractivity contribution is -0.385. The SMILES string of the molecule is C[Si](C)(CCCCOc1ccc([N+](=O)[O-])cc1)O[Si](C)(C)O[Si](C)(C)O[Si](C)(C)CCCCOc1ccc([N+](=O)[O-])cc1. The summed E-state index contributed by atoms with van der Waals surface area (Å²) >= 11 is 0. The van der Waals surface area contributed by atoms with Crippen molar-refractivity contribution >= 4 is 45.1 Å². The molecule has 0 saturated carbocycles. The highest BCUT2D eigenvalue weighted by atomic mass is 28.5. The van der Waals surface area contributed by atoms with Gasteiger partial charge in [0.25, 0.3) is 11.4 Å². The van der Waals surface area contributed by atoms with Crippen LogP contribution in [0.15, 0.2) is 48.5 Å². The summed E-state index contributed by atoms with van der Waals surface area (Å²) in [6.07, 6.45) is 3.70. The van der Waals surface area contributed by atoms with Gasteiger partial charge in [-0.1, -0.05) is 12.8 Å². The second-order valence-electron chi connectivity index (χ2n) is 12.7. The van der Waals surface area contributed by atoms with Crippen LogP contribution in [0, 0.1) is 20.2 Å². The minimum atomic E-state index is -2.43. The molecule has 0 N–H and O–H groups in total. The van der Waals surface area contributed by atoms with Gasteiger partial charge in [-0.3, -0.25) is 20.2 Å². The van der Waals surface area contributed by atoms with Crippen LogP contribution in [0.1, 0.15) is 25.7 Å². The normalized spacial score (nSPS) is 12.7. The van der Waals surface area contributed by atoms with E-state index in [1.807, 2.05) is 0 Å². The zero-order valence-electron chi connectivity index (χ0n) is 26.8. The van der Waals surface area contributed by atoms with Gasteiger partial charge in [0.05, 0.1) is 23.1 Å². The molecule has 0 atom stereocenters. The molecule has 0 aromatic heterocycles. The van der Waals surface area contributed by atoms with Gasteiger partial charge in [0.1, 0.15) is 11.5 Å². The minimum absolute atomic E-state index is 0.0534. The van der Waals surface area contributed by atoms with Crippen LogP contribution in [-0.2, 0) is 12.3 Å². The number of rotatable bonds is 20. The fraction of sp³-hybridized carbons (Fsp3) is 0.571. The van der Waals surface area contributed by atoms with Crippen LogP contribution in [-0.4, -0.2) is 56.8 Å². The van der Waals surface area contributed by atoms with E-state index in [1.165, 1.54) is 24.3 Å². The number of benzene rings is 2. The molecular weight excluding hydrogens is 621 g/mol. The number of hydrogen-bond donors (Lipinski definition) is 0. The Balaban J connectivity index is 1.70. The summed E-state index contributed by atoms with van der Waals surface area (Å²) in [7, 11) is -8.81. The maximum Gasteiger partial charge on any atom is 0.312 e. The van der Waals surface area contributed by atoms with E-state index in [4.69, 9.17) is 21.8 Å². The molecule has 0 aliphatic carbocycles. The van der Waals surface area contributed by atoms with E-state index in [0.717, 1.165) is 37.8 Å². The topological polar surface area (TPSA) is 132 Å². The van der Waals surface area contributed by atoms with Gasteiger partial charge in [-0.15, -0.1) is 0 Å². The zero-order valence-corrected chi connectivity index (χ0v) is 30.8. The zero-order chi connectivity index (χ0) is 32.3. The van der Waals surface area contributed by atoms with Gasteiger partial charge in [-0.05, 0) is 102 Å². The van der Waals surface area contributed by atoms with Crippen LogP contribution in [0.3, 0.4) is 0 Å². The third-order valence-corrected chi connectivity index (χ3v) is 21.9. The van der Waals surface area contributed by atoms with Crippen molar-refractivity contribution in [1.29, 1.82) is 0 Å². The fourth-order valence-corrected chi connectivity index (χ4v) is 24.6. The lowest BCUT2D eigenvalue weighted by Gasteiger charge is -2.41. The largest absolute Gasteiger partial charge is 0.494 e. The summed E-state index contributed by atoms with van der Waals surface area (Å²) in [5.74, 6) is 1.27. The summed E-state index contributed by atoms with van der Waals surface area (Å²) < 4.78 is 31.6. The smallest absolute Gasteiger partial charge is 0.312 e. The molecule has 2 aromatic carbocycles. The van der Waals surface area contributed by atoms with Crippen molar-refractivity contribution in [3.8, 4) is 11.5 Å². The second-order valence-corrected chi connectivity index (χ2v) is 28.8. The lowest BCUT2D eigenvalue weighted by atomic mass is 10.3. The molecule has 0 radical (unpaired) electrons. The second kappa shape index (κ2) is 16.1. The molecule has 0 amide bonds. The van der Waals surface area contributed by atoms with Crippen molar-refractivity contribution in [2.75, 3.05) is 13.2 Å². The molecule has 0 spiro atoms. The maximum absolute atomic E-state index is 10.8. The number of nitro groups is 2. The summed E-state index contributed by atoms with van der Waals surface area (Å²) in [6, 6.07) is 14.3. The van der Waals surface area contributed by atoms with Crippen molar-refractivity contribution in [2.24, 2.45) is 0 Å². The Labute approximate surface area is 259 Å². The fourth-order valence-electron chi connectivity index (χ4n) is 5.08. The van der Waals surface area contributed by atoms with Crippen LogP contribution < -0.4 is 9.47 Å². The molecule has 0 aliphatic heterocycles. The highest BCUT2D eigenvalue weighted by Gasteiger charge is 2.43. The van der Waals surface area contributed by atoms with Crippen LogP contribution in [0.5, 0.6) is 11.5 Å². The molecule has 43 heavy (non-hydrogen) atoms. The van der Waals surface area contributed by atoms with E-state index in [-0.39, 0.29) is 11.4 Å². The number of nitro benzene ring substituents is 2. The summed E-state index contributed by atoms with van der Waals surface area (Å²) in [5.41, 5.74) is 0.107. The molecule has 0 aliphatic rings. The first-order valence-corrected chi connectivity index (χ1v) is 26.6. The summed E-state index contributed by atoms with van der Waals surface area (Å²) in [5, 5.41) is 21.6. The van der Waals surface area contributed by atoms with E-state index in [9.17, 15) is 20.2 Å². The molecule has 240 valence electrons. The van der Waals surface area contributed by atoms with Crippen LogP contribution in [0.25, 0.3) is 0 Å². The minimum Gasteiger partial charge on any atom is -0.494 e. The number of unbranched alkanes of at least 4 members (excludes halogenated alkanes) is 2. The lowest BCUT2D eigenvalue weighted by Crippen LogP contribution is -2.56.